The molecular weight excluding hydrogens is 227 g/mol. The molecule has 0 saturated heterocycles. The van der Waals surface area contributed by atoms with Gasteiger partial charge in [0.25, 0.3) is 0 Å². The minimum Gasteiger partial charge on any atom is -0.368 e. The van der Waals surface area contributed by atoms with Crippen LogP contribution in [0.1, 0.15) is 41.0 Å². The summed E-state index contributed by atoms with van der Waals surface area (Å²) in [6.07, 6.45) is 1.05. The second-order valence-electron chi connectivity index (χ2n) is 4.44. The molecule has 0 N–H and O–H groups in total. The molecule has 16 heavy (non-hydrogen) atoms. The van der Waals surface area contributed by atoms with Gasteiger partial charge in [0.1, 0.15) is 6.35 Å². The zero-order valence-corrected chi connectivity index (χ0v) is 12.0. The normalized spacial score (nSPS) is 13.1. The molecule has 0 amide bonds. The molecule has 0 fully saturated rings. The lowest BCUT2D eigenvalue weighted by Gasteiger charge is -2.24. The Hall–Kier alpha value is 0.110. The summed E-state index contributed by atoms with van der Waals surface area (Å²) in [6.45, 7) is 11.2. The maximum absolute atomic E-state index is 12.0. The highest BCUT2D eigenvalue weighted by molar-refractivity contribution is 7.53. The van der Waals surface area contributed by atoms with Crippen molar-refractivity contribution < 1.29 is 18.3 Å². The van der Waals surface area contributed by atoms with Gasteiger partial charge in [0.05, 0.1) is 19.8 Å². The number of ether oxygens (including phenoxy) is 1. The van der Waals surface area contributed by atoms with E-state index in [1.165, 1.54) is 0 Å². The second-order valence-corrected chi connectivity index (χ2v) is 6.44. The Bertz CT molecular complexity index is 218. The summed E-state index contributed by atoms with van der Waals surface area (Å²) in [5.41, 5.74) is 0.100. The van der Waals surface area contributed by atoms with E-state index in [0.29, 0.717) is 19.8 Å². The molecule has 0 aliphatic carbocycles. The zero-order chi connectivity index (χ0) is 12.7. The van der Waals surface area contributed by atoms with Gasteiger partial charge in [0.15, 0.2) is 0 Å². The van der Waals surface area contributed by atoms with E-state index in [9.17, 15) is 4.57 Å². The van der Waals surface area contributed by atoms with Crippen LogP contribution in [0.2, 0.25) is 0 Å². The van der Waals surface area contributed by atoms with Crippen molar-refractivity contribution in [1.82, 2.24) is 0 Å². The Morgan fingerprint density at radius 1 is 1.06 bits per heavy atom. The van der Waals surface area contributed by atoms with E-state index in [1.54, 1.807) is 13.8 Å². The molecule has 0 radical (unpaired) electrons. The number of hydrogen-bond donors (Lipinski definition) is 0. The molecule has 0 spiro atoms. The van der Waals surface area contributed by atoms with Crippen molar-refractivity contribution >= 4 is 7.60 Å². The third-order valence-corrected chi connectivity index (χ3v) is 4.15. The number of hydrogen-bond acceptors (Lipinski definition) is 4. The maximum atomic E-state index is 12.0. The Kier molecular flexibility index (Phi) is 7.49. The molecule has 0 aromatic heterocycles. The van der Waals surface area contributed by atoms with E-state index in [0.717, 1.165) is 6.42 Å². The second kappa shape index (κ2) is 7.44. The molecule has 0 rings (SSSR count). The van der Waals surface area contributed by atoms with E-state index >= 15 is 0 Å². The van der Waals surface area contributed by atoms with Crippen LogP contribution >= 0.6 is 7.60 Å². The molecular formula is C11H25O4P. The minimum absolute atomic E-state index is 0.0398. The maximum Gasteiger partial charge on any atom is 0.356 e. The zero-order valence-electron chi connectivity index (χ0n) is 11.1. The van der Waals surface area contributed by atoms with Gasteiger partial charge in [-0.05, 0) is 25.7 Å². The molecule has 0 aromatic rings. The van der Waals surface area contributed by atoms with E-state index in [2.05, 4.69) is 20.8 Å². The Balaban J connectivity index is 4.08. The van der Waals surface area contributed by atoms with Crippen LogP contribution in [0.15, 0.2) is 0 Å². The van der Waals surface area contributed by atoms with Gasteiger partial charge < -0.3 is 13.8 Å². The summed E-state index contributed by atoms with van der Waals surface area (Å²) in [7, 11) is -3.04. The lowest BCUT2D eigenvalue weighted by molar-refractivity contribution is 0.0709. The quantitative estimate of drug-likeness (QED) is 0.587. The summed E-state index contributed by atoms with van der Waals surface area (Å²) in [5.74, 6) is 0. The topological polar surface area (TPSA) is 44.8 Å². The van der Waals surface area contributed by atoms with Gasteiger partial charge in [-0.2, -0.15) is 0 Å². The van der Waals surface area contributed by atoms with Gasteiger partial charge in [-0.25, -0.2) is 0 Å². The first kappa shape index (κ1) is 16.1. The molecule has 0 atom stereocenters. The molecule has 0 aliphatic rings. The average Bonchev–Trinajstić information content (AvgIpc) is 2.18. The summed E-state index contributed by atoms with van der Waals surface area (Å²) in [6, 6.07) is 0. The molecule has 0 bridgehead atoms. The van der Waals surface area contributed by atoms with Crippen molar-refractivity contribution in [2.24, 2.45) is 5.41 Å². The van der Waals surface area contributed by atoms with Crippen LogP contribution < -0.4 is 0 Å². The molecule has 0 aliphatic heterocycles. The smallest absolute Gasteiger partial charge is 0.356 e. The monoisotopic (exact) mass is 252 g/mol. The SMILES string of the molecule is CCOP(=O)(COCC(C)(C)CC)OCC. The Labute approximate surface area is 99.2 Å². The lowest BCUT2D eigenvalue weighted by Crippen LogP contribution is -2.19. The van der Waals surface area contributed by atoms with Crippen molar-refractivity contribution in [3.8, 4) is 0 Å². The summed E-state index contributed by atoms with van der Waals surface area (Å²) >= 11 is 0. The van der Waals surface area contributed by atoms with Crippen LogP contribution in [0.25, 0.3) is 0 Å². The molecule has 0 saturated carbocycles. The van der Waals surface area contributed by atoms with Gasteiger partial charge in [0.2, 0.25) is 0 Å². The third kappa shape index (κ3) is 6.64. The highest BCUT2D eigenvalue weighted by Crippen LogP contribution is 2.48. The first-order valence-corrected chi connectivity index (χ1v) is 7.57. The fourth-order valence-electron chi connectivity index (χ4n) is 1.04. The predicted octanol–water partition coefficient (Wildman–Crippen LogP) is 3.66. The molecule has 98 valence electrons. The summed E-state index contributed by atoms with van der Waals surface area (Å²) in [4.78, 5) is 0. The van der Waals surface area contributed by atoms with Crippen molar-refractivity contribution in [2.75, 3.05) is 26.2 Å². The molecule has 0 heterocycles. The fraction of sp³-hybridized carbons (Fsp3) is 1.00. The van der Waals surface area contributed by atoms with Gasteiger partial charge in [-0.3, -0.25) is 4.57 Å². The largest absolute Gasteiger partial charge is 0.368 e. The third-order valence-electron chi connectivity index (χ3n) is 2.35. The van der Waals surface area contributed by atoms with Gasteiger partial charge >= 0.3 is 7.60 Å². The summed E-state index contributed by atoms with van der Waals surface area (Å²) < 4.78 is 27.7. The molecule has 4 nitrogen and oxygen atoms in total. The molecule has 0 unspecified atom stereocenters. The highest BCUT2D eigenvalue weighted by atomic mass is 31.2. The van der Waals surface area contributed by atoms with Gasteiger partial charge in [-0.1, -0.05) is 20.8 Å². The van der Waals surface area contributed by atoms with Crippen LogP contribution in [-0.4, -0.2) is 26.2 Å². The minimum atomic E-state index is -3.04. The van der Waals surface area contributed by atoms with Gasteiger partial charge in [0, 0.05) is 0 Å². The van der Waals surface area contributed by atoms with Crippen LogP contribution in [-0.2, 0) is 18.3 Å². The van der Waals surface area contributed by atoms with Crippen molar-refractivity contribution in [3.63, 3.8) is 0 Å². The van der Waals surface area contributed by atoms with Gasteiger partial charge in [-0.15, -0.1) is 0 Å². The molecule has 0 aromatic carbocycles. The first-order chi connectivity index (χ1) is 7.39. The lowest BCUT2D eigenvalue weighted by atomic mass is 9.92. The molecule has 5 heteroatoms. The van der Waals surface area contributed by atoms with Crippen LogP contribution in [0, 0.1) is 5.41 Å². The van der Waals surface area contributed by atoms with Crippen LogP contribution in [0.3, 0.4) is 0 Å². The first-order valence-electron chi connectivity index (χ1n) is 5.85. The Morgan fingerprint density at radius 2 is 1.56 bits per heavy atom. The fourth-order valence-corrected chi connectivity index (χ4v) is 2.37. The van der Waals surface area contributed by atoms with Crippen molar-refractivity contribution in [3.05, 3.63) is 0 Å². The van der Waals surface area contributed by atoms with Crippen molar-refractivity contribution in [2.45, 2.75) is 41.0 Å². The number of rotatable bonds is 9. The van der Waals surface area contributed by atoms with E-state index in [4.69, 9.17) is 13.8 Å². The van der Waals surface area contributed by atoms with Crippen molar-refractivity contribution in [1.29, 1.82) is 0 Å². The van der Waals surface area contributed by atoms with Crippen LogP contribution in [0.4, 0.5) is 0 Å². The standard InChI is InChI=1S/C11H25O4P/c1-6-11(4,5)9-13-10-16(12,14-7-2)15-8-3/h6-10H2,1-5H3. The van der Waals surface area contributed by atoms with E-state index < -0.39 is 7.60 Å². The van der Waals surface area contributed by atoms with Crippen LogP contribution in [0.5, 0.6) is 0 Å². The predicted molar refractivity (Wildman–Crippen MR) is 65.7 cm³/mol. The highest BCUT2D eigenvalue weighted by Gasteiger charge is 2.25. The summed E-state index contributed by atoms with van der Waals surface area (Å²) in [5, 5.41) is 0. The van der Waals surface area contributed by atoms with E-state index in [1.807, 2.05) is 0 Å². The van der Waals surface area contributed by atoms with E-state index in [-0.39, 0.29) is 11.8 Å². The Morgan fingerprint density at radius 3 is 1.94 bits per heavy atom. The average molecular weight is 252 g/mol.